The molecule has 0 bridgehead atoms. The zero-order valence-corrected chi connectivity index (χ0v) is 11.8. The fourth-order valence-electron chi connectivity index (χ4n) is 1.73. The fourth-order valence-corrected chi connectivity index (χ4v) is 2.94. The molecule has 1 rings (SSSR count). The van der Waals surface area contributed by atoms with Gasteiger partial charge in [0.1, 0.15) is 0 Å². The second-order valence-electron chi connectivity index (χ2n) is 4.21. The largest absolute Gasteiger partial charge is 0.330 e. The fraction of sp³-hybridized carbons (Fsp3) is 0.750. The molecule has 2 atom stereocenters. The quantitative estimate of drug-likeness (QED) is 0.804. The molecule has 0 spiro atoms. The molecule has 0 aromatic carbocycles. The van der Waals surface area contributed by atoms with Gasteiger partial charge < -0.3 is 5.73 Å². The maximum absolute atomic E-state index is 12.1. The van der Waals surface area contributed by atoms with Crippen LogP contribution in [0.4, 0.5) is 0 Å². The van der Waals surface area contributed by atoms with E-state index in [1.54, 1.807) is 0 Å². The van der Waals surface area contributed by atoms with E-state index in [2.05, 4.69) is 25.0 Å². The summed E-state index contributed by atoms with van der Waals surface area (Å²) in [4.78, 5) is 0. The van der Waals surface area contributed by atoms with Gasteiger partial charge in [0, 0.05) is 22.6 Å². The molecule has 0 radical (unpaired) electrons. The van der Waals surface area contributed by atoms with Crippen LogP contribution in [0.5, 0.6) is 0 Å². The topological polar surface area (TPSA) is 60.9 Å². The molecule has 2 N–H and O–H groups in total. The van der Waals surface area contributed by atoms with Crippen molar-refractivity contribution in [1.82, 2.24) is 9.78 Å². The Bertz CT molecular complexity index is 376. The van der Waals surface area contributed by atoms with Crippen LogP contribution in [0.25, 0.3) is 0 Å². The van der Waals surface area contributed by atoms with Crippen LogP contribution in [-0.2, 0) is 29.5 Å². The number of nitrogens with two attached hydrogens (primary N) is 1. The van der Waals surface area contributed by atoms with Crippen LogP contribution in [0.3, 0.4) is 0 Å². The van der Waals surface area contributed by atoms with Crippen LogP contribution in [0, 0.1) is 0 Å². The zero-order valence-electron chi connectivity index (χ0n) is 11.0. The van der Waals surface area contributed by atoms with E-state index < -0.39 is 10.8 Å². The molecule has 1 aromatic heterocycles. The van der Waals surface area contributed by atoms with Crippen molar-refractivity contribution >= 4 is 10.8 Å². The molecule has 0 aliphatic carbocycles. The van der Waals surface area contributed by atoms with Gasteiger partial charge in [-0.15, -0.1) is 0 Å². The van der Waals surface area contributed by atoms with Crippen molar-refractivity contribution in [3.05, 3.63) is 17.5 Å². The molecule has 4 nitrogen and oxygen atoms in total. The summed E-state index contributed by atoms with van der Waals surface area (Å²) in [6.45, 7) is 7.57. The van der Waals surface area contributed by atoms with Crippen LogP contribution >= 0.6 is 0 Å². The Hall–Kier alpha value is -0.680. The minimum atomic E-state index is -0.857. The number of aryl methyl sites for hydroxylation is 2. The lowest BCUT2D eigenvalue weighted by molar-refractivity contribution is 0.621. The van der Waals surface area contributed by atoms with Crippen LogP contribution in [-0.4, -0.2) is 25.8 Å². The van der Waals surface area contributed by atoms with Crippen LogP contribution in [0.2, 0.25) is 0 Å². The normalized spacial score (nSPS) is 14.8. The highest BCUT2D eigenvalue weighted by atomic mass is 32.2. The Morgan fingerprint density at radius 1 is 1.53 bits per heavy atom. The molecule has 1 aromatic rings. The highest BCUT2D eigenvalue weighted by molar-refractivity contribution is 7.84. The molecule has 0 amide bonds. The Labute approximate surface area is 106 Å². The van der Waals surface area contributed by atoms with Crippen molar-refractivity contribution in [2.24, 2.45) is 5.73 Å². The minimum absolute atomic E-state index is 0.158. The predicted molar refractivity (Wildman–Crippen MR) is 72.3 cm³/mol. The number of aromatic nitrogens is 2. The molecular formula is C12H23N3OS. The van der Waals surface area contributed by atoms with Gasteiger partial charge >= 0.3 is 0 Å². The minimum Gasteiger partial charge on any atom is -0.330 e. The van der Waals surface area contributed by atoms with Crippen molar-refractivity contribution in [3.8, 4) is 0 Å². The van der Waals surface area contributed by atoms with Crippen LogP contribution in [0.1, 0.15) is 38.6 Å². The molecule has 0 fully saturated rings. The molecular weight excluding hydrogens is 234 g/mol. The average molecular weight is 257 g/mol. The van der Waals surface area contributed by atoms with E-state index in [0.29, 0.717) is 12.3 Å². The Balaban J connectivity index is 2.73. The van der Waals surface area contributed by atoms with Gasteiger partial charge in [-0.05, 0) is 32.4 Å². The van der Waals surface area contributed by atoms with Crippen LogP contribution < -0.4 is 5.73 Å². The summed E-state index contributed by atoms with van der Waals surface area (Å²) in [5, 5.41) is 4.62. The third-order valence-electron chi connectivity index (χ3n) is 2.89. The number of rotatable bonds is 7. The monoisotopic (exact) mass is 257 g/mol. The summed E-state index contributed by atoms with van der Waals surface area (Å²) in [6, 6.07) is 2.07. The van der Waals surface area contributed by atoms with Gasteiger partial charge in [-0.3, -0.25) is 8.89 Å². The van der Waals surface area contributed by atoms with E-state index in [4.69, 9.17) is 5.73 Å². The van der Waals surface area contributed by atoms with Gasteiger partial charge in [0.2, 0.25) is 0 Å². The SMILES string of the molecule is CCc1cc(CS(=O)C(C)CCN)n(CC)n1. The number of hydrogen-bond acceptors (Lipinski definition) is 3. The van der Waals surface area contributed by atoms with E-state index in [-0.39, 0.29) is 5.25 Å². The lowest BCUT2D eigenvalue weighted by Gasteiger charge is -2.10. The lowest BCUT2D eigenvalue weighted by Crippen LogP contribution is -2.18. The van der Waals surface area contributed by atoms with E-state index >= 15 is 0 Å². The standard InChI is InChI=1S/C12H23N3OS/c1-4-11-8-12(15(5-2)14-11)9-17(16)10(3)6-7-13/h8,10H,4-7,9,13H2,1-3H3. The van der Waals surface area contributed by atoms with E-state index in [0.717, 1.165) is 30.8 Å². The summed E-state index contributed by atoms with van der Waals surface area (Å²) in [5.74, 6) is 0.585. The third-order valence-corrected chi connectivity index (χ3v) is 4.60. The maximum Gasteiger partial charge on any atom is 0.0658 e. The second-order valence-corrected chi connectivity index (χ2v) is 6.06. The molecule has 17 heavy (non-hydrogen) atoms. The first-order chi connectivity index (χ1) is 8.12. The molecule has 0 saturated carbocycles. The summed E-state index contributed by atoms with van der Waals surface area (Å²) in [6.07, 6.45) is 1.73. The van der Waals surface area contributed by atoms with Gasteiger partial charge in [0.05, 0.1) is 17.1 Å². The summed E-state index contributed by atoms with van der Waals surface area (Å²) in [5.41, 5.74) is 7.64. The first-order valence-corrected chi connectivity index (χ1v) is 7.63. The van der Waals surface area contributed by atoms with Crippen LogP contribution in [0.15, 0.2) is 6.07 Å². The van der Waals surface area contributed by atoms with Gasteiger partial charge in [0.25, 0.3) is 0 Å². The van der Waals surface area contributed by atoms with Gasteiger partial charge in [-0.1, -0.05) is 13.8 Å². The second kappa shape index (κ2) is 6.91. The van der Waals surface area contributed by atoms with Crippen molar-refractivity contribution in [3.63, 3.8) is 0 Å². The van der Waals surface area contributed by atoms with Crippen molar-refractivity contribution in [2.45, 2.75) is 51.2 Å². The Kier molecular flexibility index (Phi) is 5.85. The van der Waals surface area contributed by atoms with E-state index in [1.807, 2.05) is 11.6 Å². The first-order valence-electron chi connectivity index (χ1n) is 6.25. The highest BCUT2D eigenvalue weighted by Gasteiger charge is 2.14. The summed E-state index contributed by atoms with van der Waals surface area (Å²) < 4.78 is 14.0. The zero-order chi connectivity index (χ0) is 12.8. The first kappa shape index (κ1) is 14.4. The Morgan fingerprint density at radius 3 is 2.76 bits per heavy atom. The molecule has 0 aliphatic rings. The summed E-state index contributed by atoms with van der Waals surface area (Å²) >= 11 is 0. The van der Waals surface area contributed by atoms with Crippen molar-refractivity contribution in [1.29, 1.82) is 0 Å². The summed E-state index contributed by atoms with van der Waals surface area (Å²) in [7, 11) is -0.857. The number of nitrogens with zero attached hydrogens (tertiary/aromatic N) is 2. The smallest absolute Gasteiger partial charge is 0.0658 e. The molecule has 2 unspecified atom stereocenters. The maximum atomic E-state index is 12.1. The number of hydrogen-bond donors (Lipinski definition) is 1. The molecule has 5 heteroatoms. The molecule has 0 aliphatic heterocycles. The van der Waals surface area contributed by atoms with Crippen molar-refractivity contribution < 1.29 is 4.21 Å². The predicted octanol–water partition coefficient (Wildman–Crippen LogP) is 1.45. The lowest BCUT2D eigenvalue weighted by atomic mass is 10.3. The van der Waals surface area contributed by atoms with Gasteiger partial charge in [0.15, 0.2) is 0 Å². The molecule has 0 saturated heterocycles. The third kappa shape index (κ3) is 3.92. The molecule has 98 valence electrons. The molecule has 1 heterocycles. The van der Waals surface area contributed by atoms with Crippen molar-refractivity contribution in [2.75, 3.05) is 6.54 Å². The van der Waals surface area contributed by atoms with E-state index in [1.165, 1.54) is 0 Å². The van der Waals surface area contributed by atoms with Gasteiger partial charge in [-0.2, -0.15) is 5.10 Å². The average Bonchev–Trinajstić information content (AvgIpc) is 2.71. The highest BCUT2D eigenvalue weighted by Crippen LogP contribution is 2.12. The van der Waals surface area contributed by atoms with Gasteiger partial charge in [-0.25, -0.2) is 0 Å². The van der Waals surface area contributed by atoms with E-state index in [9.17, 15) is 4.21 Å². The Morgan fingerprint density at radius 2 is 2.24 bits per heavy atom.